The average molecular weight is 461 g/mol. The van der Waals surface area contributed by atoms with Crippen LogP contribution < -0.4 is 11.1 Å². The van der Waals surface area contributed by atoms with Crippen LogP contribution in [-0.4, -0.2) is 11.2 Å². The number of thiazole rings is 1. The lowest BCUT2D eigenvalue weighted by molar-refractivity contribution is 0.563. The highest BCUT2D eigenvalue weighted by Crippen LogP contribution is 2.26. The zero-order valence-corrected chi connectivity index (χ0v) is 16.8. The van der Waals surface area contributed by atoms with Crippen molar-refractivity contribution in [1.82, 2.24) is 4.98 Å². The molecule has 4 rings (SSSR count). The largest absolute Gasteiger partial charge is 0.422 e. The molecule has 0 amide bonds. The minimum Gasteiger partial charge on any atom is -0.422 e. The summed E-state index contributed by atoms with van der Waals surface area (Å²) in [5.74, 6) is 0. The summed E-state index contributed by atoms with van der Waals surface area (Å²) in [7, 11) is 0. The van der Waals surface area contributed by atoms with E-state index in [0.717, 1.165) is 15.4 Å². The lowest BCUT2D eigenvalue weighted by Crippen LogP contribution is -2.03. The number of hydrazone groups is 1. The zero-order valence-electron chi connectivity index (χ0n) is 13.6. The quantitative estimate of drug-likeness (QED) is 0.238. The Morgan fingerprint density at radius 3 is 2.93 bits per heavy atom. The molecule has 0 fully saturated rings. The van der Waals surface area contributed by atoms with Gasteiger partial charge in [0.1, 0.15) is 5.58 Å². The van der Waals surface area contributed by atoms with Crippen molar-refractivity contribution in [3.05, 3.63) is 79.4 Å². The third-order valence-electron chi connectivity index (χ3n) is 3.74. The van der Waals surface area contributed by atoms with Crippen molar-refractivity contribution in [3.8, 4) is 11.3 Å². The van der Waals surface area contributed by atoms with Gasteiger partial charge in [0, 0.05) is 25.8 Å². The predicted octanol–water partition coefficient (Wildman–Crippen LogP) is 5.78. The van der Waals surface area contributed by atoms with Gasteiger partial charge in [0.15, 0.2) is 0 Å². The molecule has 134 valence electrons. The van der Waals surface area contributed by atoms with Crippen molar-refractivity contribution in [1.29, 1.82) is 0 Å². The standard InChI is InChI=1S/C19H11BrClN3O2S/c20-13-5-6-17-12(7-13)8-14(18(25)26-17)16-10-27-19(23-16)24-22-9-11-3-1-2-4-15(11)21/h1-10H,(H,23,24)/b22-9+. The summed E-state index contributed by atoms with van der Waals surface area (Å²) in [4.78, 5) is 16.7. The molecule has 0 saturated heterocycles. The molecule has 0 aliphatic carbocycles. The van der Waals surface area contributed by atoms with Crippen LogP contribution in [0.15, 0.2) is 72.7 Å². The minimum atomic E-state index is -0.429. The van der Waals surface area contributed by atoms with Crippen molar-refractivity contribution >= 4 is 61.2 Å². The molecule has 0 aliphatic heterocycles. The summed E-state index contributed by atoms with van der Waals surface area (Å²) in [6.45, 7) is 0. The van der Waals surface area contributed by atoms with Crippen LogP contribution in [0, 0.1) is 0 Å². The highest BCUT2D eigenvalue weighted by Gasteiger charge is 2.11. The molecular weight excluding hydrogens is 450 g/mol. The normalized spacial score (nSPS) is 11.3. The molecule has 2 heterocycles. The van der Waals surface area contributed by atoms with Gasteiger partial charge in [-0.1, -0.05) is 45.7 Å². The number of hydrogen-bond acceptors (Lipinski definition) is 6. The maximum absolute atomic E-state index is 12.3. The van der Waals surface area contributed by atoms with E-state index in [9.17, 15) is 4.79 Å². The molecule has 0 aliphatic rings. The molecule has 0 atom stereocenters. The fourth-order valence-electron chi connectivity index (χ4n) is 2.46. The van der Waals surface area contributed by atoms with E-state index < -0.39 is 5.63 Å². The van der Waals surface area contributed by atoms with Gasteiger partial charge in [-0.05, 0) is 30.3 Å². The predicted molar refractivity (Wildman–Crippen MR) is 114 cm³/mol. The van der Waals surface area contributed by atoms with E-state index in [4.69, 9.17) is 16.0 Å². The Bertz CT molecular complexity index is 1220. The van der Waals surface area contributed by atoms with Crippen molar-refractivity contribution in [2.45, 2.75) is 0 Å². The van der Waals surface area contributed by atoms with Crippen molar-refractivity contribution < 1.29 is 4.42 Å². The van der Waals surface area contributed by atoms with Gasteiger partial charge in [-0.2, -0.15) is 5.10 Å². The molecule has 27 heavy (non-hydrogen) atoms. The Kier molecular flexibility index (Phi) is 5.07. The number of fused-ring (bicyclic) bond motifs is 1. The minimum absolute atomic E-state index is 0.403. The first-order valence-corrected chi connectivity index (χ1v) is 9.88. The Balaban J connectivity index is 1.59. The summed E-state index contributed by atoms with van der Waals surface area (Å²) in [5, 5.41) is 7.91. The molecule has 2 aromatic carbocycles. The van der Waals surface area contributed by atoms with Gasteiger partial charge < -0.3 is 4.42 Å². The third-order valence-corrected chi connectivity index (χ3v) is 5.33. The second kappa shape index (κ2) is 7.64. The number of anilines is 1. The monoisotopic (exact) mass is 459 g/mol. The highest BCUT2D eigenvalue weighted by atomic mass is 79.9. The smallest absolute Gasteiger partial charge is 0.345 e. The van der Waals surface area contributed by atoms with Gasteiger partial charge in [0.05, 0.1) is 17.5 Å². The summed E-state index contributed by atoms with van der Waals surface area (Å²) in [6, 6.07) is 14.6. The van der Waals surface area contributed by atoms with Crippen LogP contribution in [0.3, 0.4) is 0 Å². The average Bonchev–Trinajstić information content (AvgIpc) is 3.12. The number of rotatable bonds is 4. The van der Waals surface area contributed by atoms with E-state index in [1.54, 1.807) is 29.8 Å². The highest BCUT2D eigenvalue weighted by molar-refractivity contribution is 9.10. The van der Waals surface area contributed by atoms with Gasteiger partial charge >= 0.3 is 5.63 Å². The molecule has 2 aromatic heterocycles. The van der Waals surface area contributed by atoms with Gasteiger partial charge in [0.25, 0.3) is 0 Å². The van der Waals surface area contributed by atoms with Crippen LogP contribution in [-0.2, 0) is 0 Å². The summed E-state index contributed by atoms with van der Waals surface area (Å²) in [6.07, 6.45) is 1.62. The third kappa shape index (κ3) is 3.95. The first-order chi connectivity index (χ1) is 13.1. The molecule has 0 unspecified atom stereocenters. The lowest BCUT2D eigenvalue weighted by atomic mass is 10.1. The molecule has 5 nitrogen and oxygen atoms in total. The second-order valence-corrected chi connectivity index (χ2v) is 7.74. The van der Waals surface area contributed by atoms with E-state index in [0.29, 0.717) is 27.0 Å². The topological polar surface area (TPSA) is 67.5 Å². The van der Waals surface area contributed by atoms with E-state index in [2.05, 4.69) is 31.4 Å². The Labute approximate surface area is 171 Å². The Morgan fingerprint density at radius 2 is 2.07 bits per heavy atom. The lowest BCUT2D eigenvalue weighted by Gasteiger charge is -2.00. The summed E-state index contributed by atoms with van der Waals surface area (Å²) < 4.78 is 6.29. The number of aromatic nitrogens is 1. The van der Waals surface area contributed by atoms with Gasteiger partial charge in [-0.3, -0.25) is 5.43 Å². The van der Waals surface area contributed by atoms with Crippen LogP contribution in [0.2, 0.25) is 5.02 Å². The van der Waals surface area contributed by atoms with Crippen LogP contribution in [0.25, 0.3) is 22.2 Å². The zero-order chi connectivity index (χ0) is 18.8. The van der Waals surface area contributed by atoms with Crippen LogP contribution in [0.4, 0.5) is 5.13 Å². The maximum Gasteiger partial charge on any atom is 0.345 e. The van der Waals surface area contributed by atoms with Crippen molar-refractivity contribution in [2.75, 3.05) is 5.43 Å². The van der Waals surface area contributed by atoms with Crippen LogP contribution in [0.1, 0.15) is 5.56 Å². The number of benzene rings is 2. The molecule has 1 N–H and O–H groups in total. The second-order valence-electron chi connectivity index (χ2n) is 5.56. The van der Waals surface area contributed by atoms with E-state index in [1.165, 1.54) is 11.3 Å². The van der Waals surface area contributed by atoms with E-state index in [-0.39, 0.29) is 0 Å². The SMILES string of the molecule is O=c1oc2ccc(Br)cc2cc1-c1csc(N/N=C/c2ccccc2Cl)n1. The molecule has 0 spiro atoms. The first-order valence-electron chi connectivity index (χ1n) is 7.83. The maximum atomic E-state index is 12.3. The van der Waals surface area contributed by atoms with E-state index >= 15 is 0 Å². The number of nitrogens with zero attached hydrogens (tertiary/aromatic N) is 2. The van der Waals surface area contributed by atoms with E-state index in [1.807, 2.05) is 30.3 Å². The fourth-order valence-corrected chi connectivity index (χ4v) is 3.68. The van der Waals surface area contributed by atoms with Gasteiger partial charge in [-0.25, -0.2) is 9.78 Å². The molecule has 0 bridgehead atoms. The Hall–Kier alpha value is -2.48. The molecule has 0 saturated carbocycles. The van der Waals surface area contributed by atoms with Crippen molar-refractivity contribution in [3.63, 3.8) is 0 Å². The van der Waals surface area contributed by atoms with Gasteiger partial charge in [-0.15, -0.1) is 11.3 Å². The number of hydrogen-bond donors (Lipinski definition) is 1. The molecule has 4 aromatic rings. The summed E-state index contributed by atoms with van der Waals surface area (Å²) in [5.41, 5.74) is 4.69. The van der Waals surface area contributed by atoms with Crippen molar-refractivity contribution in [2.24, 2.45) is 5.10 Å². The first kappa shape index (κ1) is 17.9. The van der Waals surface area contributed by atoms with Crippen LogP contribution in [0.5, 0.6) is 0 Å². The molecule has 8 heteroatoms. The molecular formula is C19H11BrClN3O2S. The Morgan fingerprint density at radius 1 is 1.22 bits per heavy atom. The van der Waals surface area contributed by atoms with Crippen LogP contribution >= 0.6 is 38.9 Å². The van der Waals surface area contributed by atoms with Gasteiger partial charge in [0.2, 0.25) is 5.13 Å². The summed E-state index contributed by atoms with van der Waals surface area (Å²) >= 11 is 10.8. The number of nitrogens with one attached hydrogen (secondary N) is 1. The fraction of sp³-hybridized carbons (Fsp3) is 0. The molecule has 0 radical (unpaired) electrons. The number of halogens is 2.